The molecule has 6 aromatic carbocycles. The average molecular weight is 703 g/mol. The van der Waals surface area contributed by atoms with Crippen LogP contribution in [0.2, 0.25) is 0 Å². The van der Waals surface area contributed by atoms with Crippen molar-refractivity contribution in [1.29, 1.82) is 0 Å². The van der Waals surface area contributed by atoms with Crippen molar-refractivity contribution in [1.82, 2.24) is 29.1 Å². The molecule has 4 heterocycles. The van der Waals surface area contributed by atoms with Gasteiger partial charge in [0.25, 0.3) is 0 Å². The van der Waals surface area contributed by atoms with Crippen LogP contribution in [0.3, 0.4) is 0 Å². The fraction of sp³-hybridized carbons (Fsp3) is 0. The Balaban J connectivity index is 1.09. The van der Waals surface area contributed by atoms with E-state index in [1.165, 1.54) is 0 Å². The Morgan fingerprint density at radius 1 is 0.472 bits per heavy atom. The first-order valence-electron chi connectivity index (χ1n) is 17.3. The summed E-state index contributed by atoms with van der Waals surface area (Å²) in [4.78, 5) is 19.0. The van der Waals surface area contributed by atoms with Gasteiger partial charge in [0.05, 0.1) is 34.5 Å². The first kappa shape index (κ1) is 30.8. The molecule has 1 unspecified atom stereocenters. The van der Waals surface area contributed by atoms with Gasteiger partial charge in [0.1, 0.15) is 12.4 Å². The third-order valence-corrected chi connectivity index (χ3v) is 10.9. The van der Waals surface area contributed by atoms with Crippen molar-refractivity contribution in [3.05, 3.63) is 170 Å². The molecular formula is C44H29N7OP+. The van der Waals surface area contributed by atoms with Crippen molar-refractivity contribution in [2.75, 3.05) is 5.32 Å². The predicted octanol–water partition coefficient (Wildman–Crippen LogP) is 9.65. The number of benzene rings is 6. The maximum absolute atomic E-state index is 14.3. The molecule has 9 heteroatoms. The van der Waals surface area contributed by atoms with Crippen LogP contribution in [0.5, 0.6) is 0 Å². The van der Waals surface area contributed by atoms with Crippen molar-refractivity contribution < 1.29 is 4.57 Å². The lowest BCUT2D eigenvalue weighted by molar-refractivity contribution is 0.597. The first-order valence-corrected chi connectivity index (χ1v) is 18.5. The van der Waals surface area contributed by atoms with Gasteiger partial charge in [-0.15, -0.1) is 0 Å². The molecule has 0 fully saturated rings. The second-order valence-corrected chi connectivity index (χ2v) is 14.3. The maximum atomic E-state index is 14.3. The topological polar surface area (TPSA) is 90.5 Å². The van der Waals surface area contributed by atoms with Crippen molar-refractivity contribution in [3.63, 3.8) is 0 Å². The first-order chi connectivity index (χ1) is 26.2. The number of hydrogen-bond acceptors (Lipinski definition) is 6. The lowest BCUT2D eigenvalue weighted by Gasteiger charge is -2.12. The van der Waals surface area contributed by atoms with Gasteiger partial charge in [-0.05, 0) is 48.0 Å². The van der Waals surface area contributed by atoms with Gasteiger partial charge in [0.2, 0.25) is 0 Å². The Kier molecular flexibility index (Phi) is 7.34. The largest absolute Gasteiger partial charge is 0.459 e. The zero-order chi connectivity index (χ0) is 35.3. The molecule has 0 saturated heterocycles. The molecule has 1 N–H and O–H groups in total. The molecule has 0 radical (unpaired) electrons. The van der Waals surface area contributed by atoms with E-state index >= 15 is 0 Å². The molecule has 0 amide bonds. The lowest BCUT2D eigenvalue weighted by atomic mass is 10.0. The number of nitrogens with one attached hydrogen (secondary N) is 1. The van der Waals surface area contributed by atoms with Crippen molar-refractivity contribution in [2.45, 2.75) is 0 Å². The number of hydrogen-bond donors (Lipinski definition) is 1. The Morgan fingerprint density at radius 3 is 1.64 bits per heavy atom. The van der Waals surface area contributed by atoms with Crippen LogP contribution >= 0.6 is 7.80 Å². The Bertz CT molecular complexity index is 2970. The highest BCUT2D eigenvalue weighted by molar-refractivity contribution is 7.60. The van der Waals surface area contributed by atoms with E-state index < -0.39 is 7.80 Å². The van der Waals surface area contributed by atoms with Crippen LogP contribution in [0, 0.1) is 0 Å². The number of rotatable bonds is 7. The Hall–Kier alpha value is -7.02. The summed E-state index contributed by atoms with van der Waals surface area (Å²) in [5, 5.41) is 7.93. The molecule has 10 rings (SSSR count). The normalized spacial score (nSPS) is 11.8. The summed E-state index contributed by atoms with van der Waals surface area (Å²) in [6.45, 7) is 0. The van der Waals surface area contributed by atoms with Crippen LogP contribution in [0.4, 0.5) is 11.4 Å². The van der Waals surface area contributed by atoms with Crippen LogP contribution in [0.1, 0.15) is 0 Å². The van der Waals surface area contributed by atoms with Crippen LogP contribution in [0.25, 0.3) is 66.4 Å². The highest BCUT2D eigenvalue weighted by Gasteiger charge is 2.31. The number of aromatic nitrogens is 6. The minimum absolute atomic E-state index is 0.323. The second kappa shape index (κ2) is 12.6. The number of anilines is 2. The summed E-state index contributed by atoms with van der Waals surface area (Å²) >= 11 is 0. The predicted molar refractivity (Wildman–Crippen MR) is 215 cm³/mol. The van der Waals surface area contributed by atoms with E-state index in [0.717, 1.165) is 66.1 Å². The smallest absolute Gasteiger partial charge is 0.356 e. The van der Waals surface area contributed by atoms with Gasteiger partial charge in [-0.3, -0.25) is 19.1 Å². The molecule has 0 bridgehead atoms. The zero-order valence-electron chi connectivity index (χ0n) is 28.2. The Labute approximate surface area is 304 Å². The van der Waals surface area contributed by atoms with Crippen LogP contribution < -0.4 is 16.2 Å². The highest BCUT2D eigenvalue weighted by Crippen LogP contribution is 2.38. The fourth-order valence-electron chi connectivity index (χ4n) is 7.33. The van der Waals surface area contributed by atoms with E-state index in [0.29, 0.717) is 22.5 Å². The highest BCUT2D eigenvalue weighted by atomic mass is 31.1. The van der Waals surface area contributed by atoms with Crippen LogP contribution in [-0.4, -0.2) is 29.1 Å². The SMILES string of the molecule is O=[P+](c1cncc(-n2c3ccccc3c3ccccc32)n1)c1cncc(-n2c3ccccc3c3cccc(-c4cccc(Nc5ccccc5)c4)c32)n1. The number of para-hydroxylation sites is 5. The summed E-state index contributed by atoms with van der Waals surface area (Å²) < 4.78 is 18.5. The van der Waals surface area contributed by atoms with E-state index in [2.05, 4.69) is 103 Å². The minimum Gasteiger partial charge on any atom is -0.356 e. The average Bonchev–Trinajstić information content (AvgIpc) is 3.74. The Morgan fingerprint density at radius 2 is 0.981 bits per heavy atom. The van der Waals surface area contributed by atoms with E-state index in [1.54, 1.807) is 24.8 Å². The summed E-state index contributed by atoms with van der Waals surface area (Å²) in [5.41, 5.74) is 8.70. The van der Waals surface area contributed by atoms with Gasteiger partial charge < -0.3 is 5.32 Å². The van der Waals surface area contributed by atoms with E-state index in [4.69, 9.17) is 9.97 Å². The van der Waals surface area contributed by atoms with Gasteiger partial charge in [0, 0.05) is 38.5 Å². The standard InChI is InChI=1S/C44H29N7OP/c52-53(42-27-45-25-40(48-42)50-37-21-7-4-16-33(37)34-17-5-8-22-38(34)50)43-28-46-26-41(49-43)51-39-23-9-6-18-35(39)36-20-11-19-32(44(36)51)29-12-10-15-31(24-29)47-30-13-2-1-3-14-30/h1-28,47H/q+1. The molecule has 8 nitrogen and oxygen atoms in total. The minimum atomic E-state index is -2.24. The number of fused-ring (bicyclic) bond motifs is 6. The monoisotopic (exact) mass is 702 g/mol. The number of nitrogens with zero attached hydrogens (tertiary/aromatic N) is 6. The van der Waals surface area contributed by atoms with Gasteiger partial charge in [-0.25, -0.2) is 0 Å². The third kappa shape index (κ3) is 5.24. The summed E-state index contributed by atoms with van der Waals surface area (Å²) in [6, 6.07) is 49.6. The van der Waals surface area contributed by atoms with Crippen molar-refractivity contribution >= 4 is 73.7 Å². The lowest BCUT2D eigenvalue weighted by Crippen LogP contribution is -2.18. The molecule has 0 aliphatic heterocycles. The van der Waals surface area contributed by atoms with E-state index in [1.807, 2.05) is 66.7 Å². The molecule has 250 valence electrons. The molecular weight excluding hydrogens is 674 g/mol. The maximum Gasteiger partial charge on any atom is 0.459 e. The molecule has 0 aliphatic rings. The summed E-state index contributed by atoms with van der Waals surface area (Å²) in [7, 11) is -2.24. The van der Waals surface area contributed by atoms with Gasteiger partial charge in [0.15, 0.2) is 11.6 Å². The fourth-order valence-corrected chi connectivity index (χ4v) is 8.30. The van der Waals surface area contributed by atoms with Crippen LogP contribution in [-0.2, 0) is 4.57 Å². The molecule has 53 heavy (non-hydrogen) atoms. The molecule has 0 spiro atoms. The molecule has 10 aromatic rings. The van der Waals surface area contributed by atoms with Gasteiger partial charge in [-0.2, -0.15) is 9.97 Å². The van der Waals surface area contributed by atoms with Gasteiger partial charge >= 0.3 is 18.7 Å². The van der Waals surface area contributed by atoms with Crippen molar-refractivity contribution in [2.24, 2.45) is 0 Å². The quantitative estimate of drug-likeness (QED) is 0.166. The third-order valence-electron chi connectivity index (χ3n) is 9.60. The van der Waals surface area contributed by atoms with Crippen LogP contribution in [0.15, 0.2) is 170 Å². The van der Waals surface area contributed by atoms with E-state index in [-0.39, 0.29) is 0 Å². The summed E-state index contributed by atoms with van der Waals surface area (Å²) in [6.07, 6.45) is 6.55. The van der Waals surface area contributed by atoms with Crippen molar-refractivity contribution in [3.8, 4) is 22.8 Å². The zero-order valence-corrected chi connectivity index (χ0v) is 29.1. The molecule has 1 atom stereocenters. The molecule has 0 saturated carbocycles. The second-order valence-electron chi connectivity index (χ2n) is 12.8. The molecule has 4 aromatic heterocycles. The molecule has 0 aliphatic carbocycles. The van der Waals surface area contributed by atoms with Gasteiger partial charge in [-0.1, -0.05) is 108 Å². The summed E-state index contributed by atoms with van der Waals surface area (Å²) in [5.74, 6) is 1.15. The van der Waals surface area contributed by atoms with E-state index in [9.17, 15) is 4.57 Å².